The van der Waals surface area contributed by atoms with Gasteiger partial charge in [0, 0.05) is 31.2 Å². The lowest BCUT2D eigenvalue weighted by molar-refractivity contribution is 0.0189. The van der Waals surface area contributed by atoms with Gasteiger partial charge in [0.25, 0.3) is 0 Å². The van der Waals surface area contributed by atoms with Crippen LogP contribution in [0, 0.1) is 0 Å². The van der Waals surface area contributed by atoms with Crippen molar-refractivity contribution in [2.24, 2.45) is 0 Å². The SMILES string of the molecule is CC(CCc1ccc(O)cc1)N1CCN(C)C(C)(C)C1. The summed E-state index contributed by atoms with van der Waals surface area (Å²) in [5.74, 6) is 0.350. The molecule has 0 bridgehead atoms. The zero-order chi connectivity index (χ0) is 14.8. The van der Waals surface area contributed by atoms with Crippen molar-refractivity contribution >= 4 is 0 Å². The number of aryl methyl sites for hydroxylation is 1. The maximum atomic E-state index is 9.31. The second-order valence-corrected chi connectivity index (χ2v) is 6.76. The average molecular weight is 276 g/mol. The summed E-state index contributed by atoms with van der Waals surface area (Å²) in [6.45, 7) is 10.4. The Bertz CT molecular complexity index is 427. The fourth-order valence-electron chi connectivity index (χ4n) is 2.87. The number of phenols is 1. The van der Waals surface area contributed by atoms with Gasteiger partial charge in [0.1, 0.15) is 5.75 Å². The predicted octanol–water partition coefficient (Wildman–Crippen LogP) is 2.74. The number of nitrogens with zero attached hydrogens (tertiary/aromatic N) is 2. The zero-order valence-corrected chi connectivity index (χ0v) is 13.3. The summed E-state index contributed by atoms with van der Waals surface area (Å²) in [6.07, 6.45) is 2.25. The van der Waals surface area contributed by atoms with Crippen LogP contribution in [0.2, 0.25) is 0 Å². The van der Waals surface area contributed by atoms with Crippen LogP contribution >= 0.6 is 0 Å². The van der Waals surface area contributed by atoms with Gasteiger partial charge in [0.05, 0.1) is 0 Å². The summed E-state index contributed by atoms with van der Waals surface area (Å²) >= 11 is 0. The number of phenolic OH excluding ortho intramolecular Hbond substituents is 1. The third-order valence-electron chi connectivity index (χ3n) is 4.76. The molecule has 0 saturated carbocycles. The number of aromatic hydroxyl groups is 1. The summed E-state index contributed by atoms with van der Waals surface area (Å²) in [5, 5.41) is 9.31. The lowest BCUT2D eigenvalue weighted by Crippen LogP contribution is -2.59. The van der Waals surface area contributed by atoms with Crippen LogP contribution in [-0.2, 0) is 6.42 Å². The molecule has 0 spiro atoms. The molecule has 1 N–H and O–H groups in total. The van der Waals surface area contributed by atoms with E-state index in [1.807, 2.05) is 12.1 Å². The maximum absolute atomic E-state index is 9.31. The molecular formula is C17H28N2O. The molecule has 3 heteroatoms. The molecular weight excluding hydrogens is 248 g/mol. The minimum atomic E-state index is 0.269. The first-order chi connectivity index (χ1) is 9.38. The summed E-state index contributed by atoms with van der Waals surface area (Å²) in [4.78, 5) is 5.07. The van der Waals surface area contributed by atoms with Gasteiger partial charge in [-0.15, -0.1) is 0 Å². The lowest BCUT2D eigenvalue weighted by atomic mass is 9.97. The Labute approximate surface area is 123 Å². The van der Waals surface area contributed by atoms with Gasteiger partial charge in [-0.1, -0.05) is 12.1 Å². The number of piperazine rings is 1. The first-order valence-electron chi connectivity index (χ1n) is 7.62. The Morgan fingerprint density at radius 3 is 2.45 bits per heavy atom. The number of likely N-dealkylation sites (N-methyl/N-ethyl adjacent to an activating group) is 1. The van der Waals surface area contributed by atoms with Gasteiger partial charge in [-0.3, -0.25) is 9.80 Å². The van der Waals surface area contributed by atoms with Crippen molar-refractivity contribution in [3.05, 3.63) is 29.8 Å². The Morgan fingerprint density at radius 1 is 1.20 bits per heavy atom. The molecule has 0 radical (unpaired) electrons. The van der Waals surface area contributed by atoms with E-state index in [-0.39, 0.29) is 5.54 Å². The number of hydrogen-bond acceptors (Lipinski definition) is 3. The van der Waals surface area contributed by atoms with Crippen molar-refractivity contribution in [2.45, 2.75) is 45.2 Å². The second-order valence-electron chi connectivity index (χ2n) is 6.76. The highest BCUT2D eigenvalue weighted by atomic mass is 16.3. The van der Waals surface area contributed by atoms with Crippen LogP contribution in [0.25, 0.3) is 0 Å². The quantitative estimate of drug-likeness (QED) is 0.916. The van der Waals surface area contributed by atoms with Gasteiger partial charge in [-0.2, -0.15) is 0 Å². The Kier molecular flexibility index (Phi) is 4.71. The molecule has 1 heterocycles. The molecule has 3 nitrogen and oxygen atoms in total. The molecule has 1 aromatic carbocycles. The van der Waals surface area contributed by atoms with E-state index in [2.05, 4.69) is 37.6 Å². The van der Waals surface area contributed by atoms with Crippen LogP contribution in [-0.4, -0.2) is 53.2 Å². The molecule has 0 aromatic heterocycles. The minimum absolute atomic E-state index is 0.269. The molecule has 1 atom stereocenters. The molecule has 1 saturated heterocycles. The van der Waals surface area contributed by atoms with Crippen LogP contribution in [0.15, 0.2) is 24.3 Å². The van der Waals surface area contributed by atoms with Crippen molar-refractivity contribution in [1.82, 2.24) is 9.80 Å². The first kappa shape index (κ1) is 15.3. The normalized spacial score (nSPS) is 21.8. The standard InChI is InChI=1S/C17H28N2O/c1-14(5-6-15-7-9-16(20)10-8-15)19-12-11-18(4)17(2,3)13-19/h7-10,14,20H,5-6,11-13H2,1-4H3. The summed E-state index contributed by atoms with van der Waals surface area (Å²) in [6, 6.07) is 8.21. The van der Waals surface area contributed by atoms with Gasteiger partial charge < -0.3 is 5.11 Å². The van der Waals surface area contributed by atoms with E-state index >= 15 is 0 Å². The van der Waals surface area contributed by atoms with Gasteiger partial charge in [-0.05, 0) is 58.4 Å². The highest BCUT2D eigenvalue weighted by Gasteiger charge is 2.32. The van der Waals surface area contributed by atoms with Gasteiger partial charge in [-0.25, -0.2) is 0 Å². The molecule has 1 unspecified atom stereocenters. The third-order valence-corrected chi connectivity index (χ3v) is 4.76. The number of hydrogen-bond donors (Lipinski definition) is 1. The Hall–Kier alpha value is -1.06. The van der Waals surface area contributed by atoms with Crippen molar-refractivity contribution < 1.29 is 5.11 Å². The molecule has 2 rings (SSSR count). The van der Waals surface area contributed by atoms with E-state index in [1.165, 1.54) is 12.0 Å². The fraction of sp³-hybridized carbons (Fsp3) is 0.647. The van der Waals surface area contributed by atoms with Crippen LogP contribution < -0.4 is 0 Å². The van der Waals surface area contributed by atoms with Gasteiger partial charge >= 0.3 is 0 Å². The third kappa shape index (κ3) is 3.74. The van der Waals surface area contributed by atoms with E-state index in [0.29, 0.717) is 11.8 Å². The Morgan fingerprint density at radius 2 is 1.85 bits per heavy atom. The zero-order valence-electron chi connectivity index (χ0n) is 13.3. The van der Waals surface area contributed by atoms with E-state index in [0.717, 1.165) is 26.1 Å². The van der Waals surface area contributed by atoms with E-state index in [1.54, 1.807) is 12.1 Å². The van der Waals surface area contributed by atoms with Gasteiger partial charge in [0.15, 0.2) is 0 Å². The molecule has 0 amide bonds. The largest absolute Gasteiger partial charge is 0.508 e. The van der Waals surface area contributed by atoms with Crippen LogP contribution in [0.3, 0.4) is 0 Å². The van der Waals surface area contributed by atoms with E-state index < -0.39 is 0 Å². The van der Waals surface area contributed by atoms with Crippen molar-refractivity contribution in [3.63, 3.8) is 0 Å². The van der Waals surface area contributed by atoms with Gasteiger partial charge in [0.2, 0.25) is 0 Å². The smallest absolute Gasteiger partial charge is 0.115 e. The molecule has 112 valence electrons. The highest BCUT2D eigenvalue weighted by molar-refractivity contribution is 5.25. The van der Waals surface area contributed by atoms with E-state index in [4.69, 9.17) is 0 Å². The predicted molar refractivity (Wildman–Crippen MR) is 84.2 cm³/mol. The van der Waals surface area contributed by atoms with Crippen molar-refractivity contribution in [2.75, 3.05) is 26.7 Å². The maximum Gasteiger partial charge on any atom is 0.115 e. The molecule has 1 fully saturated rings. The summed E-state index contributed by atoms with van der Waals surface area (Å²) in [5.41, 5.74) is 1.58. The average Bonchev–Trinajstić information content (AvgIpc) is 2.41. The minimum Gasteiger partial charge on any atom is -0.508 e. The van der Waals surface area contributed by atoms with E-state index in [9.17, 15) is 5.11 Å². The fourth-order valence-corrected chi connectivity index (χ4v) is 2.87. The topological polar surface area (TPSA) is 26.7 Å². The van der Waals surface area contributed by atoms with Crippen LogP contribution in [0.5, 0.6) is 5.75 Å². The summed E-state index contributed by atoms with van der Waals surface area (Å²) in [7, 11) is 2.22. The molecule has 1 aliphatic heterocycles. The first-order valence-corrected chi connectivity index (χ1v) is 7.62. The number of rotatable bonds is 4. The molecule has 0 aliphatic carbocycles. The van der Waals surface area contributed by atoms with Crippen molar-refractivity contribution in [3.8, 4) is 5.75 Å². The number of benzene rings is 1. The molecule has 1 aliphatic rings. The molecule has 20 heavy (non-hydrogen) atoms. The monoisotopic (exact) mass is 276 g/mol. The van der Waals surface area contributed by atoms with Crippen LogP contribution in [0.4, 0.5) is 0 Å². The lowest BCUT2D eigenvalue weighted by Gasteiger charge is -2.47. The van der Waals surface area contributed by atoms with Crippen LogP contribution in [0.1, 0.15) is 32.8 Å². The molecule has 1 aromatic rings. The second kappa shape index (κ2) is 6.15. The Balaban J connectivity index is 1.86. The van der Waals surface area contributed by atoms with Crippen molar-refractivity contribution in [1.29, 1.82) is 0 Å². The summed E-state index contributed by atoms with van der Waals surface area (Å²) < 4.78 is 0. The highest BCUT2D eigenvalue weighted by Crippen LogP contribution is 2.22.